The van der Waals surface area contributed by atoms with Crippen LogP contribution in [-0.4, -0.2) is 56.6 Å². The van der Waals surface area contributed by atoms with Gasteiger partial charge in [0.1, 0.15) is 18.3 Å². The number of nitrogens with one attached hydrogen (secondary N) is 2. The van der Waals surface area contributed by atoms with E-state index in [1.54, 1.807) is 17.5 Å². The molecule has 10 heteroatoms. The number of ether oxygens (including phenoxy) is 1. The Balaban J connectivity index is 1.64. The van der Waals surface area contributed by atoms with Crippen LogP contribution in [0, 0.1) is 0 Å². The average Bonchev–Trinajstić information content (AvgIpc) is 3.11. The Morgan fingerprint density at radius 1 is 1.36 bits per heavy atom. The number of aliphatic hydroxyl groups excluding tert-OH is 2. The van der Waals surface area contributed by atoms with Crippen molar-refractivity contribution in [3.63, 3.8) is 0 Å². The summed E-state index contributed by atoms with van der Waals surface area (Å²) in [5, 5.41) is 24.9. The lowest BCUT2D eigenvalue weighted by Gasteiger charge is -2.38. The van der Waals surface area contributed by atoms with Crippen LogP contribution in [0.25, 0.3) is 0 Å². The molecule has 4 N–H and O–H groups in total. The van der Waals surface area contributed by atoms with E-state index in [0.717, 1.165) is 0 Å². The molecule has 2 aromatic rings. The number of aromatic amines is 1. The zero-order chi connectivity index (χ0) is 18.0. The van der Waals surface area contributed by atoms with Gasteiger partial charge < -0.3 is 20.3 Å². The summed E-state index contributed by atoms with van der Waals surface area (Å²) in [6.07, 6.45) is -2.12. The molecular formula is C15H17N3O6S. The van der Waals surface area contributed by atoms with Gasteiger partial charge in [0.15, 0.2) is 0 Å². The van der Waals surface area contributed by atoms with Crippen LogP contribution in [0.2, 0.25) is 0 Å². The van der Waals surface area contributed by atoms with E-state index in [1.807, 2.05) is 0 Å². The van der Waals surface area contributed by atoms with Crippen LogP contribution in [0.1, 0.15) is 9.67 Å². The van der Waals surface area contributed by atoms with E-state index in [-0.39, 0.29) is 19.1 Å². The van der Waals surface area contributed by atoms with Crippen LogP contribution in [0.4, 0.5) is 0 Å². The quantitative estimate of drug-likeness (QED) is 0.521. The molecule has 0 radical (unpaired) electrons. The molecule has 0 bridgehead atoms. The second kappa shape index (κ2) is 7.31. The summed E-state index contributed by atoms with van der Waals surface area (Å²) in [6.45, 7) is -0.0580. The molecule has 9 nitrogen and oxygen atoms in total. The Morgan fingerprint density at radius 3 is 2.84 bits per heavy atom. The minimum atomic E-state index is -1.30. The van der Waals surface area contributed by atoms with Crippen LogP contribution < -0.4 is 16.6 Å². The molecule has 1 fully saturated rings. The Morgan fingerprint density at radius 2 is 2.16 bits per heavy atom. The highest BCUT2D eigenvalue weighted by Gasteiger charge is 2.39. The van der Waals surface area contributed by atoms with E-state index in [1.165, 1.54) is 28.2 Å². The minimum absolute atomic E-state index is 0.0158. The van der Waals surface area contributed by atoms with Gasteiger partial charge in [-0.2, -0.15) is 0 Å². The van der Waals surface area contributed by atoms with Gasteiger partial charge in [-0.15, -0.1) is 11.3 Å². The fourth-order valence-corrected chi connectivity index (χ4v) is 3.23. The lowest BCUT2D eigenvalue weighted by molar-refractivity contribution is -0.152. The van der Waals surface area contributed by atoms with Gasteiger partial charge in [-0.3, -0.25) is 19.1 Å². The number of hydrogen-bond donors (Lipinski definition) is 4. The average molecular weight is 367 g/mol. The van der Waals surface area contributed by atoms with Gasteiger partial charge in [-0.25, -0.2) is 4.79 Å². The monoisotopic (exact) mass is 367 g/mol. The highest BCUT2D eigenvalue weighted by molar-refractivity contribution is 7.12. The molecule has 0 unspecified atom stereocenters. The number of carbonyl (C=O) groups is 1. The summed E-state index contributed by atoms with van der Waals surface area (Å²) in [5.41, 5.74) is -1.16. The number of hydrogen-bond acceptors (Lipinski definition) is 7. The third kappa shape index (κ3) is 3.87. The first-order valence-electron chi connectivity index (χ1n) is 7.57. The Labute approximate surface area is 145 Å². The molecular weight excluding hydrogens is 350 g/mol. The zero-order valence-corrected chi connectivity index (χ0v) is 13.8. The number of thiophene rings is 1. The second-order valence-corrected chi connectivity index (χ2v) is 6.62. The van der Waals surface area contributed by atoms with Crippen LogP contribution in [0.15, 0.2) is 39.4 Å². The van der Waals surface area contributed by atoms with E-state index >= 15 is 0 Å². The first-order valence-corrected chi connectivity index (χ1v) is 8.45. The van der Waals surface area contributed by atoms with Gasteiger partial charge in [-0.05, 0) is 11.4 Å². The number of rotatable bonds is 4. The molecule has 0 saturated carbocycles. The van der Waals surface area contributed by atoms with Crippen molar-refractivity contribution in [1.29, 1.82) is 0 Å². The largest absolute Gasteiger partial charge is 0.388 e. The maximum atomic E-state index is 12.0. The topological polar surface area (TPSA) is 134 Å². The van der Waals surface area contributed by atoms with Gasteiger partial charge >= 0.3 is 5.69 Å². The van der Waals surface area contributed by atoms with Crippen LogP contribution >= 0.6 is 11.3 Å². The zero-order valence-electron chi connectivity index (χ0n) is 13.0. The van der Waals surface area contributed by atoms with Crippen molar-refractivity contribution in [2.24, 2.45) is 0 Å². The highest BCUT2D eigenvalue weighted by Crippen LogP contribution is 2.18. The summed E-state index contributed by atoms with van der Waals surface area (Å²) in [6, 6.07) is 3.79. The summed E-state index contributed by atoms with van der Waals surface area (Å²) >= 11 is 1.26. The van der Waals surface area contributed by atoms with Crippen molar-refractivity contribution < 1.29 is 19.7 Å². The molecule has 0 aliphatic carbocycles. The predicted molar refractivity (Wildman–Crippen MR) is 88.6 cm³/mol. The van der Waals surface area contributed by atoms with E-state index in [4.69, 9.17) is 4.74 Å². The molecule has 0 aromatic carbocycles. The van der Waals surface area contributed by atoms with Gasteiger partial charge in [0, 0.05) is 12.3 Å². The molecule has 0 spiro atoms. The van der Waals surface area contributed by atoms with E-state index in [0.29, 0.717) is 4.88 Å². The maximum Gasteiger partial charge on any atom is 0.328 e. The van der Waals surface area contributed by atoms with Crippen LogP contribution in [0.5, 0.6) is 0 Å². The van der Waals surface area contributed by atoms with E-state index < -0.39 is 35.6 Å². The fraction of sp³-hybridized carbons (Fsp3) is 0.400. The van der Waals surface area contributed by atoms with Gasteiger partial charge in [0.2, 0.25) is 0 Å². The lowest BCUT2D eigenvalue weighted by Crippen LogP contribution is -2.60. The molecule has 1 amide bonds. The molecule has 3 rings (SSSR count). The number of nitrogens with zero attached hydrogens (tertiary/aromatic N) is 1. The fourth-order valence-electron chi connectivity index (χ4n) is 2.60. The molecule has 25 heavy (non-hydrogen) atoms. The molecule has 4 atom stereocenters. The van der Waals surface area contributed by atoms with Crippen molar-refractivity contribution >= 4 is 17.2 Å². The first kappa shape index (κ1) is 17.5. The van der Waals surface area contributed by atoms with Crippen molar-refractivity contribution in [2.45, 2.75) is 30.9 Å². The summed E-state index contributed by atoms with van der Waals surface area (Å²) in [4.78, 5) is 37.4. The van der Waals surface area contributed by atoms with Crippen molar-refractivity contribution in [3.8, 4) is 0 Å². The highest BCUT2D eigenvalue weighted by atomic mass is 32.1. The lowest BCUT2D eigenvalue weighted by atomic mass is 9.97. The number of amides is 1. The van der Waals surface area contributed by atoms with E-state index in [2.05, 4.69) is 10.3 Å². The van der Waals surface area contributed by atoms with Crippen molar-refractivity contribution in [2.75, 3.05) is 6.61 Å². The van der Waals surface area contributed by atoms with E-state index in [9.17, 15) is 24.6 Å². The van der Waals surface area contributed by atoms with Crippen LogP contribution in [0.3, 0.4) is 0 Å². The standard InChI is InChI=1S/C15H17N3O6S/c19-11-3-4-18(15(23)17-11)6-9-13(21)12(20)8(7-24-9)16-14(22)10-2-1-5-25-10/h1-5,8-9,12-13,20-21H,6-7H2,(H,16,22)(H,17,19,23)/t8-,9-,12+,13-/m1/s1. The number of aliphatic hydroxyl groups is 2. The maximum absolute atomic E-state index is 12.0. The third-order valence-electron chi connectivity index (χ3n) is 3.97. The summed E-state index contributed by atoms with van der Waals surface area (Å²) in [5.74, 6) is -0.356. The second-order valence-electron chi connectivity index (χ2n) is 5.67. The Hall–Kier alpha value is -2.27. The molecule has 1 saturated heterocycles. The molecule has 3 heterocycles. The molecule has 1 aliphatic heterocycles. The van der Waals surface area contributed by atoms with Crippen molar-refractivity contribution in [3.05, 3.63) is 55.5 Å². The smallest absolute Gasteiger partial charge is 0.328 e. The summed E-state index contributed by atoms with van der Waals surface area (Å²) < 4.78 is 6.68. The summed E-state index contributed by atoms with van der Waals surface area (Å²) in [7, 11) is 0. The number of aromatic nitrogens is 2. The molecule has 1 aliphatic rings. The number of H-pyrrole nitrogens is 1. The van der Waals surface area contributed by atoms with Gasteiger partial charge in [0.05, 0.1) is 24.1 Å². The normalized spacial score (nSPS) is 26.3. The first-order chi connectivity index (χ1) is 12.0. The third-order valence-corrected chi connectivity index (χ3v) is 4.84. The molecule has 134 valence electrons. The van der Waals surface area contributed by atoms with Gasteiger partial charge in [-0.1, -0.05) is 6.07 Å². The Bertz CT molecular complexity index is 845. The van der Waals surface area contributed by atoms with Gasteiger partial charge in [0.25, 0.3) is 11.5 Å². The molecule has 2 aromatic heterocycles. The number of carbonyl (C=O) groups excluding carboxylic acids is 1. The van der Waals surface area contributed by atoms with Crippen LogP contribution in [-0.2, 0) is 11.3 Å². The Kier molecular flexibility index (Phi) is 5.13. The minimum Gasteiger partial charge on any atom is -0.388 e. The SMILES string of the molecule is O=C(N[C@@H]1CO[C@H](Cn2ccc(=O)[nH]c2=O)[C@@H](O)[C@H]1O)c1cccs1. The predicted octanol–water partition coefficient (Wildman–Crippen LogP) is -1.48. The van der Waals surface area contributed by atoms with Crippen molar-refractivity contribution in [1.82, 2.24) is 14.9 Å².